The summed E-state index contributed by atoms with van der Waals surface area (Å²) in [6, 6.07) is 2.96. The molecule has 1 atom stereocenters. The zero-order chi connectivity index (χ0) is 13.6. The Balaban J connectivity index is 2.29. The smallest absolute Gasteiger partial charge is 0.144 e. The second-order valence-electron chi connectivity index (χ2n) is 5.05. The van der Waals surface area contributed by atoms with Crippen molar-refractivity contribution < 1.29 is 9.13 Å². The summed E-state index contributed by atoms with van der Waals surface area (Å²) in [6.45, 7) is 3.39. The average molecular weight is 303 g/mol. The maximum atomic E-state index is 13.5. The Kier molecular flexibility index (Phi) is 3.20. The Morgan fingerprint density at radius 1 is 1.53 bits per heavy atom. The molecule has 2 heterocycles. The first-order valence-corrected chi connectivity index (χ1v) is 6.97. The van der Waals surface area contributed by atoms with Gasteiger partial charge in [-0.2, -0.15) is 0 Å². The van der Waals surface area contributed by atoms with Gasteiger partial charge in [0.25, 0.3) is 0 Å². The third-order valence-electron chi connectivity index (χ3n) is 3.62. The lowest BCUT2D eigenvalue weighted by Gasteiger charge is -2.26. The van der Waals surface area contributed by atoms with Gasteiger partial charge in [-0.25, -0.2) is 9.37 Å². The SMILES string of the molecule is CC1(n2c(CCl)nc3cc(F)c(Cl)cc32)CCOC1. The van der Waals surface area contributed by atoms with Crippen LogP contribution in [0.1, 0.15) is 19.2 Å². The lowest BCUT2D eigenvalue weighted by atomic mass is 10.0. The van der Waals surface area contributed by atoms with Crippen LogP contribution in [0.3, 0.4) is 0 Å². The number of nitrogens with zero attached hydrogens (tertiary/aromatic N) is 2. The number of imidazole rings is 1. The molecule has 0 amide bonds. The van der Waals surface area contributed by atoms with Gasteiger partial charge in [0.05, 0.1) is 34.1 Å². The van der Waals surface area contributed by atoms with Crippen molar-refractivity contribution in [3.05, 3.63) is 28.8 Å². The van der Waals surface area contributed by atoms with Crippen molar-refractivity contribution in [3.63, 3.8) is 0 Å². The van der Waals surface area contributed by atoms with E-state index >= 15 is 0 Å². The summed E-state index contributed by atoms with van der Waals surface area (Å²) in [7, 11) is 0. The van der Waals surface area contributed by atoms with Crippen LogP contribution < -0.4 is 0 Å². The molecule has 1 saturated heterocycles. The number of hydrogen-bond acceptors (Lipinski definition) is 2. The maximum absolute atomic E-state index is 13.5. The molecule has 1 aliphatic rings. The third-order valence-corrected chi connectivity index (χ3v) is 4.15. The third kappa shape index (κ3) is 2.02. The van der Waals surface area contributed by atoms with E-state index < -0.39 is 5.82 Å². The number of alkyl halides is 1. The summed E-state index contributed by atoms with van der Waals surface area (Å²) in [5.41, 5.74) is 1.17. The van der Waals surface area contributed by atoms with E-state index in [1.165, 1.54) is 6.07 Å². The molecule has 6 heteroatoms. The first kappa shape index (κ1) is 13.2. The van der Waals surface area contributed by atoms with E-state index in [0.717, 1.165) is 11.9 Å². The maximum Gasteiger partial charge on any atom is 0.144 e. The van der Waals surface area contributed by atoms with Crippen LogP contribution in [0.2, 0.25) is 5.02 Å². The molecule has 0 radical (unpaired) electrons. The lowest BCUT2D eigenvalue weighted by molar-refractivity contribution is 0.162. The molecule has 19 heavy (non-hydrogen) atoms. The topological polar surface area (TPSA) is 27.1 Å². The summed E-state index contributed by atoms with van der Waals surface area (Å²) in [4.78, 5) is 4.40. The van der Waals surface area contributed by atoms with Crippen molar-refractivity contribution in [3.8, 4) is 0 Å². The molecular weight excluding hydrogens is 290 g/mol. The van der Waals surface area contributed by atoms with Gasteiger partial charge in [0.1, 0.15) is 11.6 Å². The van der Waals surface area contributed by atoms with Crippen LogP contribution in [0.4, 0.5) is 4.39 Å². The second-order valence-corrected chi connectivity index (χ2v) is 5.73. The Morgan fingerprint density at radius 2 is 2.32 bits per heavy atom. The molecule has 102 valence electrons. The van der Waals surface area contributed by atoms with Gasteiger partial charge >= 0.3 is 0 Å². The molecule has 0 saturated carbocycles. The molecule has 0 spiro atoms. The molecular formula is C13H13Cl2FN2O. The highest BCUT2D eigenvalue weighted by molar-refractivity contribution is 6.31. The molecule has 1 aromatic heterocycles. The highest BCUT2D eigenvalue weighted by Crippen LogP contribution is 2.34. The summed E-state index contributed by atoms with van der Waals surface area (Å²) in [6.07, 6.45) is 0.872. The minimum atomic E-state index is -0.465. The number of ether oxygens (including phenoxy) is 1. The van der Waals surface area contributed by atoms with Crippen molar-refractivity contribution in [2.45, 2.75) is 24.8 Å². The van der Waals surface area contributed by atoms with Gasteiger partial charge in [0, 0.05) is 12.7 Å². The molecule has 1 fully saturated rings. The van der Waals surface area contributed by atoms with E-state index in [0.29, 0.717) is 24.6 Å². The molecule has 0 aliphatic carbocycles. The fourth-order valence-corrected chi connectivity index (χ4v) is 2.98. The lowest BCUT2D eigenvalue weighted by Crippen LogP contribution is -2.31. The highest BCUT2D eigenvalue weighted by atomic mass is 35.5. The van der Waals surface area contributed by atoms with Crippen LogP contribution in [-0.2, 0) is 16.2 Å². The Labute approximate surface area is 120 Å². The highest BCUT2D eigenvalue weighted by Gasteiger charge is 2.35. The molecule has 3 rings (SSSR count). The monoisotopic (exact) mass is 302 g/mol. The van der Waals surface area contributed by atoms with Gasteiger partial charge in [-0.15, -0.1) is 11.6 Å². The fourth-order valence-electron chi connectivity index (χ4n) is 2.65. The van der Waals surface area contributed by atoms with Crippen LogP contribution >= 0.6 is 23.2 Å². The van der Waals surface area contributed by atoms with Gasteiger partial charge in [-0.1, -0.05) is 11.6 Å². The average Bonchev–Trinajstić information content (AvgIpc) is 2.94. The van der Waals surface area contributed by atoms with E-state index in [1.54, 1.807) is 6.07 Å². The zero-order valence-electron chi connectivity index (χ0n) is 10.4. The Morgan fingerprint density at radius 3 is 2.95 bits per heavy atom. The van der Waals surface area contributed by atoms with E-state index in [2.05, 4.69) is 11.9 Å². The van der Waals surface area contributed by atoms with Crippen molar-refractivity contribution in [1.82, 2.24) is 9.55 Å². The number of benzene rings is 1. The van der Waals surface area contributed by atoms with Gasteiger partial charge < -0.3 is 9.30 Å². The van der Waals surface area contributed by atoms with Crippen LogP contribution in [0.5, 0.6) is 0 Å². The van der Waals surface area contributed by atoms with E-state index in [-0.39, 0.29) is 16.4 Å². The number of rotatable bonds is 2. The van der Waals surface area contributed by atoms with E-state index in [4.69, 9.17) is 27.9 Å². The number of fused-ring (bicyclic) bond motifs is 1. The molecule has 1 unspecified atom stereocenters. The molecule has 1 aromatic carbocycles. The normalized spacial score (nSPS) is 23.4. The first-order chi connectivity index (χ1) is 9.05. The summed E-state index contributed by atoms with van der Waals surface area (Å²) >= 11 is 11.9. The van der Waals surface area contributed by atoms with Crippen LogP contribution in [0, 0.1) is 5.82 Å². The molecule has 0 bridgehead atoms. The minimum absolute atomic E-state index is 0.0947. The summed E-state index contributed by atoms with van der Waals surface area (Å²) in [5, 5.41) is 0.0947. The van der Waals surface area contributed by atoms with Crippen LogP contribution in [0.25, 0.3) is 11.0 Å². The largest absolute Gasteiger partial charge is 0.379 e. The van der Waals surface area contributed by atoms with Crippen molar-refractivity contribution >= 4 is 34.2 Å². The van der Waals surface area contributed by atoms with Gasteiger partial charge in [0.2, 0.25) is 0 Å². The van der Waals surface area contributed by atoms with E-state index in [9.17, 15) is 4.39 Å². The number of halogens is 3. The Hall–Kier alpha value is -0.840. The predicted molar refractivity (Wildman–Crippen MR) is 73.3 cm³/mol. The standard InChI is InChI=1S/C13H13Cl2FN2O/c1-13(2-3-19-7-13)18-11-4-8(15)9(16)5-10(11)17-12(18)6-14/h4-5H,2-3,6-7H2,1H3. The van der Waals surface area contributed by atoms with Crippen LogP contribution in [0.15, 0.2) is 12.1 Å². The molecule has 0 N–H and O–H groups in total. The zero-order valence-corrected chi connectivity index (χ0v) is 11.9. The van der Waals surface area contributed by atoms with Crippen LogP contribution in [-0.4, -0.2) is 22.8 Å². The molecule has 3 nitrogen and oxygen atoms in total. The second kappa shape index (κ2) is 4.62. The number of hydrogen-bond donors (Lipinski definition) is 0. The quantitative estimate of drug-likeness (QED) is 0.791. The van der Waals surface area contributed by atoms with Gasteiger partial charge in [-0.05, 0) is 19.4 Å². The van der Waals surface area contributed by atoms with Gasteiger partial charge in [0.15, 0.2) is 0 Å². The Bertz CT molecular complexity index is 635. The van der Waals surface area contributed by atoms with Gasteiger partial charge in [-0.3, -0.25) is 0 Å². The van der Waals surface area contributed by atoms with Crippen molar-refractivity contribution in [2.24, 2.45) is 0 Å². The molecule has 2 aromatic rings. The summed E-state index contributed by atoms with van der Waals surface area (Å²) < 4.78 is 21.1. The fraction of sp³-hybridized carbons (Fsp3) is 0.462. The summed E-state index contributed by atoms with van der Waals surface area (Å²) in [5.74, 6) is 0.517. The minimum Gasteiger partial charge on any atom is -0.379 e. The first-order valence-electron chi connectivity index (χ1n) is 6.06. The van der Waals surface area contributed by atoms with Crippen molar-refractivity contribution in [2.75, 3.05) is 13.2 Å². The predicted octanol–water partition coefficient (Wildman–Crippen LogP) is 3.70. The van der Waals surface area contributed by atoms with E-state index in [1.807, 2.05) is 4.57 Å². The number of aromatic nitrogens is 2. The van der Waals surface area contributed by atoms with Crippen molar-refractivity contribution in [1.29, 1.82) is 0 Å². The molecule has 1 aliphatic heterocycles.